The van der Waals surface area contributed by atoms with Crippen LogP contribution in [-0.2, 0) is 20.9 Å². The van der Waals surface area contributed by atoms with Crippen LogP contribution < -0.4 is 0 Å². The average Bonchev–Trinajstić information content (AvgIpc) is 3.81. The molecule has 0 saturated heterocycles. The summed E-state index contributed by atoms with van der Waals surface area (Å²) in [7, 11) is -4.18. The van der Waals surface area contributed by atoms with Crippen molar-refractivity contribution in [3.63, 3.8) is 0 Å². The number of hydrogen-bond donors (Lipinski definition) is 0. The second-order valence-electron chi connectivity index (χ2n) is 11.9. The van der Waals surface area contributed by atoms with Gasteiger partial charge in [0, 0.05) is 16.3 Å². The third-order valence-corrected chi connectivity index (χ3v) is 11.5. The van der Waals surface area contributed by atoms with E-state index in [1.54, 1.807) is 35.0 Å². The second kappa shape index (κ2) is 13.0. The number of fused-ring (bicyclic) bond motifs is 1. The number of alkyl halides is 1. The largest absolute Gasteiger partial charge is 0.268 e. The number of rotatable bonds is 9. The highest BCUT2D eigenvalue weighted by atomic mass is 79.9. The standard InChI is InChI=1S/C41H30BrN5O2S/c42-29-30-25-27-31(28-26-30)38-36-23-13-14-24-37(36)46(50(48,49)35-21-11-4-12-22-35)39(38)40-43-44-45-47(40)41(32-15-5-1-6-16-32,33-17-7-2-8-18-33)34-19-9-3-10-20-34/h1-28H,29H2. The molecule has 0 aliphatic heterocycles. The van der Waals surface area contributed by atoms with Gasteiger partial charge >= 0.3 is 0 Å². The summed E-state index contributed by atoms with van der Waals surface area (Å²) in [4.78, 5) is 0.155. The van der Waals surface area contributed by atoms with E-state index >= 15 is 0 Å². The quantitative estimate of drug-likeness (QED) is 0.109. The number of halogens is 1. The molecule has 0 fully saturated rings. The fourth-order valence-electron chi connectivity index (χ4n) is 6.88. The summed E-state index contributed by atoms with van der Waals surface area (Å²) in [6.45, 7) is 0. The monoisotopic (exact) mass is 735 g/mol. The van der Waals surface area contributed by atoms with Crippen molar-refractivity contribution in [1.82, 2.24) is 24.2 Å². The lowest BCUT2D eigenvalue weighted by molar-refractivity contribution is 0.450. The minimum atomic E-state index is -4.18. The summed E-state index contributed by atoms with van der Waals surface area (Å²) in [5, 5.41) is 15.3. The van der Waals surface area contributed by atoms with Crippen LogP contribution in [0.25, 0.3) is 33.5 Å². The van der Waals surface area contributed by atoms with Gasteiger partial charge in [-0.3, -0.25) is 0 Å². The average molecular weight is 737 g/mol. The lowest BCUT2D eigenvalue weighted by atomic mass is 9.77. The Kier molecular flexibility index (Phi) is 8.22. The van der Waals surface area contributed by atoms with Gasteiger partial charge in [0.25, 0.3) is 10.0 Å². The van der Waals surface area contributed by atoms with E-state index in [1.807, 2.05) is 103 Å². The molecule has 8 aromatic rings. The molecular weight excluding hydrogens is 706 g/mol. The third kappa shape index (κ3) is 5.09. The van der Waals surface area contributed by atoms with Gasteiger partial charge in [0.15, 0.2) is 0 Å². The van der Waals surface area contributed by atoms with E-state index in [2.05, 4.69) is 57.5 Å². The Bertz CT molecular complexity index is 2420. The zero-order valence-electron chi connectivity index (χ0n) is 26.7. The van der Waals surface area contributed by atoms with Crippen molar-refractivity contribution < 1.29 is 8.42 Å². The molecule has 0 radical (unpaired) electrons. The van der Waals surface area contributed by atoms with Crippen LogP contribution in [0, 0.1) is 0 Å². The molecule has 8 rings (SSSR count). The van der Waals surface area contributed by atoms with Crippen molar-refractivity contribution >= 4 is 36.9 Å². The number of benzene rings is 6. The first-order valence-corrected chi connectivity index (χ1v) is 18.7. The summed E-state index contributed by atoms with van der Waals surface area (Å²) < 4.78 is 33.1. The maximum Gasteiger partial charge on any atom is 0.268 e. The molecule has 0 unspecified atom stereocenters. The van der Waals surface area contributed by atoms with E-state index in [0.29, 0.717) is 22.1 Å². The van der Waals surface area contributed by atoms with Gasteiger partial charge in [-0.1, -0.05) is 168 Å². The van der Waals surface area contributed by atoms with Crippen LogP contribution in [0.15, 0.2) is 175 Å². The van der Waals surface area contributed by atoms with Crippen LogP contribution in [-0.4, -0.2) is 32.6 Å². The van der Waals surface area contributed by atoms with E-state index in [1.165, 1.54) is 3.97 Å². The van der Waals surface area contributed by atoms with Crippen LogP contribution in [0.1, 0.15) is 22.3 Å². The number of para-hydroxylation sites is 1. The topological polar surface area (TPSA) is 82.7 Å². The summed E-state index contributed by atoms with van der Waals surface area (Å²) >= 11 is 3.56. The SMILES string of the molecule is O=S(=O)(c1ccccc1)n1c(-c2nnnn2C(c2ccccc2)(c2ccccc2)c2ccccc2)c(-c2ccc(CBr)cc2)c2ccccc21. The molecule has 2 heterocycles. The molecule has 0 saturated carbocycles. The maximum atomic E-state index is 15.0. The molecule has 0 spiro atoms. The Labute approximate surface area is 298 Å². The number of aromatic nitrogens is 5. The Morgan fingerprint density at radius 2 is 1.10 bits per heavy atom. The van der Waals surface area contributed by atoms with E-state index in [4.69, 9.17) is 10.3 Å². The molecule has 9 heteroatoms. The van der Waals surface area contributed by atoms with Crippen LogP contribution in [0.2, 0.25) is 0 Å². The molecule has 0 bridgehead atoms. The van der Waals surface area contributed by atoms with Crippen LogP contribution >= 0.6 is 15.9 Å². The normalized spacial score (nSPS) is 11.9. The van der Waals surface area contributed by atoms with Crippen LogP contribution in [0.5, 0.6) is 0 Å². The van der Waals surface area contributed by atoms with Crippen molar-refractivity contribution in [1.29, 1.82) is 0 Å². The Balaban J connectivity index is 1.56. The first kappa shape index (κ1) is 31.6. The fraction of sp³-hybridized carbons (Fsp3) is 0.0488. The predicted molar refractivity (Wildman–Crippen MR) is 200 cm³/mol. The van der Waals surface area contributed by atoms with E-state index in [-0.39, 0.29) is 10.7 Å². The van der Waals surface area contributed by atoms with Gasteiger partial charge in [-0.25, -0.2) is 17.1 Å². The van der Waals surface area contributed by atoms with Gasteiger partial charge < -0.3 is 0 Å². The smallest absolute Gasteiger partial charge is 0.229 e. The van der Waals surface area contributed by atoms with E-state index in [0.717, 1.165) is 33.2 Å². The predicted octanol–water partition coefficient (Wildman–Crippen LogP) is 8.93. The van der Waals surface area contributed by atoms with E-state index in [9.17, 15) is 8.42 Å². The minimum Gasteiger partial charge on any atom is -0.229 e. The fourth-order valence-corrected chi connectivity index (χ4v) is 8.80. The number of hydrogen-bond acceptors (Lipinski definition) is 5. The Hall–Kier alpha value is -5.64. The molecule has 0 aliphatic carbocycles. The van der Waals surface area contributed by atoms with Gasteiger partial charge in [-0.2, -0.15) is 0 Å². The van der Waals surface area contributed by atoms with Crippen LogP contribution in [0.3, 0.4) is 0 Å². The highest BCUT2D eigenvalue weighted by Gasteiger charge is 2.43. The zero-order valence-corrected chi connectivity index (χ0v) is 29.1. The molecular formula is C41H30BrN5O2S. The van der Waals surface area contributed by atoms with Gasteiger partial charge in [-0.05, 0) is 56.4 Å². The first-order chi connectivity index (χ1) is 24.5. The van der Waals surface area contributed by atoms with Gasteiger partial charge in [-0.15, -0.1) is 5.10 Å². The molecule has 7 nitrogen and oxygen atoms in total. The van der Waals surface area contributed by atoms with Crippen molar-refractivity contribution in [3.05, 3.63) is 192 Å². The molecule has 50 heavy (non-hydrogen) atoms. The molecule has 244 valence electrons. The van der Waals surface area contributed by atoms with Gasteiger partial charge in [0.05, 0.1) is 10.4 Å². The lowest BCUT2D eigenvalue weighted by Gasteiger charge is -2.36. The second-order valence-corrected chi connectivity index (χ2v) is 14.2. The molecule has 0 N–H and O–H groups in total. The van der Waals surface area contributed by atoms with Crippen molar-refractivity contribution in [2.75, 3.05) is 0 Å². The highest BCUT2D eigenvalue weighted by Crippen LogP contribution is 2.46. The molecule has 0 amide bonds. The van der Waals surface area contributed by atoms with E-state index < -0.39 is 15.6 Å². The van der Waals surface area contributed by atoms with Crippen molar-refractivity contribution in [3.8, 4) is 22.6 Å². The Morgan fingerprint density at radius 1 is 0.600 bits per heavy atom. The lowest BCUT2D eigenvalue weighted by Crippen LogP contribution is -2.39. The van der Waals surface area contributed by atoms with Crippen molar-refractivity contribution in [2.45, 2.75) is 15.8 Å². The van der Waals surface area contributed by atoms with Gasteiger partial charge in [0.1, 0.15) is 11.2 Å². The molecule has 0 atom stereocenters. The number of nitrogens with zero attached hydrogens (tertiary/aromatic N) is 5. The molecule has 6 aromatic carbocycles. The summed E-state index contributed by atoms with van der Waals surface area (Å²) in [5.74, 6) is 0.289. The van der Waals surface area contributed by atoms with Crippen LogP contribution in [0.4, 0.5) is 0 Å². The summed E-state index contributed by atoms with van der Waals surface area (Å²) in [6.07, 6.45) is 0. The highest BCUT2D eigenvalue weighted by molar-refractivity contribution is 9.08. The number of tetrazole rings is 1. The first-order valence-electron chi connectivity index (χ1n) is 16.1. The minimum absolute atomic E-state index is 0.155. The third-order valence-electron chi connectivity index (χ3n) is 9.08. The van der Waals surface area contributed by atoms with Crippen molar-refractivity contribution in [2.24, 2.45) is 0 Å². The molecule has 2 aromatic heterocycles. The molecule has 0 aliphatic rings. The Morgan fingerprint density at radius 3 is 1.64 bits per heavy atom. The summed E-state index contributed by atoms with van der Waals surface area (Å²) in [6, 6.07) is 54.4. The maximum absolute atomic E-state index is 15.0. The summed E-state index contributed by atoms with van der Waals surface area (Å²) in [5.41, 5.74) is 5.13. The van der Waals surface area contributed by atoms with Gasteiger partial charge in [0.2, 0.25) is 5.82 Å². The zero-order chi connectivity index (χ0) is 34.1.